The van der Waals surface area contributed by atoms with Crippen molar-refractivity contribution in [3.05, 3.63) is 23.8 Å². The zero-order valence-electron chi connectivity index (χ0n) is 5.89. The van der Waals surface area contributed by atoms with Crippen molar-refractivity contribution >= 4 is 0 Å². The molecule has 1 N–H and O–H groups in total. The molecular weight excluding hydrogens is 112 g/mol. The van der Waals surface area contributed by atoms with Gasteiger partial charge in [0, 0.05) is 0 Å². The normalized spacial score (nSPS) is 34.3. The molecular formula is C8H12O. The zero-order valence-corrected chi connectivity index (χ0v) is 5.89. The minimum Gasteiger partial charge on any atom is -0.382 e. The third-order valence-electron chi connectivity index (χ3n) is 1.43. The Bertz CT molecular complexity index is 163. The first-order valence-electron chi connectivity index (χ1n) is 3.18. The first-order valence-corrected chi connectivity index (χ1v) is 3.18. The van der Waals surface area contributed by atoms with Gasteiger partial charge in [0.2, 0.25) is 0 Å². The predicted molar refractivity (Wildman–Crippen MR) is 38.1 cm³/mol. The highest BCUT2D eigenvalue weighted by Crippen LogP contribution is 2.18. The molecule has 1 rings (SSSR count). The first-order chi connectivity index (χ1) is 4.10. The van der Waals surface area contributed by atoms with Crippen molar-refractivity contribution in [1.82, 2.24) is 0 Å². The average molecular weight is 124 g/mol. The third kappa shape index (κ3) is 1.68. The van der Waals surface area contributed by atoms with Crippen LogP contribution in [0.15, 0.2) is 23.8 Å². The zero-order chi connectivity index (χ0) is 6.91. The molecule has 0 spiro atoms. The number of aliphatic hydroxyl groups is 1. The third-order valence-corrected chi connectivity index (χ3v) is 1.43. The van der Waals surface area contributed by atoms with Gasteiger partial charge in [-0.25, -0.2) is 0 Å². The molecule has 0 bridgehead atoms. The second-order valence-electron chi connectivity index (χ2n) is 2.82. The van der Waals surface area contributed by atoms with Gasteiger partial charge in [0.25, 0.3) is 0 Å². The van der Waals surface area contributed by atoms with E-state index in [0.29, 0.717) is 0 Å². The van der Waals surface area contributed by atoms with Gasteiger partial charge in [0.1, 0.15) is 0 Å². The van der Waals surface area contributed by atoms with Crippen molar-refractivity contribution < 1.29 is 5.11 Å². The fourth-order valence-electron chi connectivity index (χ4n) is 1.09. The molecule has 0 saturated heterocycles. The second-order valence-corrected chi connectivity index (χ2v) is 2.82. The predicted octanol–water partition coefficient (Wildman–Crippen LogP) is 1.64. The molecule has 9 heavy (non-hydrogen) atoms. The lowest BCUT2D eigenvalue weighted by Gasteiger charge is -2.18. The molecule has 1 nitrogen and oxygen atoms in total. The molecule has 0 aromatic rings. The van der Waals surface area contributed by atoms with E-state index in [0.717, 1.165) is 6.42 Å². The molecule has 1 aliphatic carbocycles. The number of hydrogen-bond donors (Lipinski definition) is 1. The van der Waals surface area contributed by atoms with E-state index in [1.54, 1.807) is 6.92 Å². The Labute approximate surface area is 55.7 Å². The molecule has 1 unspecified atom stereocenters. The highest BCUT2D eigenvalue weighted by atomic mass is 16.3. The summed E-state index contributed by atoms with van der Waals surface area (Å²) in [6.07, 6.45) is 6.68. The lowest BCUT2D eigenvalue weighted by Crippen LogP contribution is -2.19. The van der Waals surface area contributed by atoms with Crippen LogP contribution in [0.5, 0.6) is 0 Å². The second kappa shape index (κ2) is 1.99. The summed E-state index contributed by atoms with van der Waals surface area (Å²) in [4.78, 5) is 0. The molecule has 0 saturated carbocycles. The van der Waals surface area contributed by atoms with Gasteiger partial charge in [-0.2, -0.15) is 0 Å². The molecule has 0 fully saturated rings. The van der Waals surface area contributed by atoms with Crippen molar-refractivity contribution in [3.63, 3.8) is 0 Å². The van der Waals surface area contributed by atoms with Crippen LogP contribution in [0.2, 0.25) is 0 Å². The Morgan fingerprint density at radius 2 is 2.33 bits per heavy atom. The summed E-state index contributed by atoms with van der Waals surface area (Å²) in [5, 5.41) is 9.38. The van der Waals surface area contributed by atoms with Gasteiger partial charge >= 0.3 is 0 Å². The molecule has 0 aromatic carbocycles. The van der Waals surface area contributed by atoms with Crippen molar-refractivity contribution in [1.29, 1.82) is 0 Å². The largest absolute Gasteiger partial charge is 0.382 e. The van der Waals surface area contributed by atoms with Gasteiger partial charge in [-0.05, 0) is 20.3 Å². The Hall–Kier alpha value is -0.560. The molecule has 0 heterocycles. The van der Waals surface area contributed by atoms with Gasteiger partial charge in [0.05, 0.1) is 5.60 Å². The molecule has 1 aliphatic rings. The van der Waals surface area contributed by atoms with Crippen molar-refractivity contribution in [2.75, 3.05) is 0 Å². The maximum atomic E-state index is 9.38. The van der Waals surface area contributed by atoms with E-state index < -0.39 is 5.60 Å². The van der Waals surface area contributed by atoms with Crippen LogP contribution in [0, 0.1) is 0 Å². The molecule has 0 radical (unpaired) electrons. The molecule has 1 atom stereocenters. The quantitative estimate of drug-likeness (QED) is 0.487. The first kappa shape index (κ1) is 6.56. The van der Waals surface area contributed by atoms with Gasteiger partial charge in [-0.3, -0.25) is 0 Å². The number of hydrogen-bond acceptors (Lipinski definition) is 1. The molecule has 0 aromatic heterocycles. The molecule has 50 valence electrons. The summed E-state index contributed by atoms with van der Waals surface area (Å²) >= 11 is 0. The Morgan fingerprint density at radius 1 is 1.67 bits per heavy atom. The lowest BCUT2D eigenvalue weighted by molar-refractivity contribution is 0.161. The molecule has 1 heteroatoms. The van der Waals surface area contributed by atoms with Crippen LogP contribution in [-0.2, 0) is 0 Å². The summed E-state index contributed by atoms with van der Waals surface area (Å²) in [7, 11) is 0. The van der Waals surface area contributed by atoms with Crippen LogP contribution >= 0.6 is 0 Å². The van der Waals surface area contributed by atoms with Crippen LogP contribution in [0.3, 0.4) is 0 Å². The van der Waals surface area contributed by atoms with Crippen molar-refractivity contribution in [2.24, 2.45) is 0 Å². The minimum atomic E-state index is -0.692. The van der Waals surface area contributed by atoms with E-state index in [4.69, 9.17) is 0 Å². The SMILES string of the molecule is CC1=CC(C)(O)C=CC1. The van der Waals surface area contributed by atoms with E-state index in [1.165, 1.54) is 5.57 Å². The minimum absolute atomic E-state index is 0.692. The maximum Gasteiger partial charge on any atom is 0.0983 e. The fraction of sp³-hybridized carbons (Fsp3) is 0.500. The smallest absolute Gasteiger partial charge is 0.0983 e. The molecule has 0 amide bonds. The highest BCUT2D eigenvalue weighted by molar-refractivity contribution is 5.23. The van der Waals surface area contributed by atoms with E-state index in [-0.39, 0.29) is 0 Å². The Balaban J connectivity index is 2.78. The summed E-state index contributed by atoms with van der Waals surface area (Å²) in [5.41, 5.74) is 0.546. The van der Waals surface area contributed by atoms with Crippen LogP contribution in [-0.4, -0.2) is 10.7 Å². The van der Waals surface area contributed by atoms with Crippen LogP contribution in [0.25, 0.3) is 0 Å². The van der Waals surface area contributed by atoms with Crippen molar-refractivity contribution in [2.45, 2.75) is 25.9 Å². The van der Waals surface area contributed by atoms with E-state index in [1.807, 2.05) is 25.2 Å². The summed E-state index contributed by atoms with van der Waals surface area (Å²) in [6.45, 7) is 3.81. The Kier molecular flexibility index (Phi) is 1.45. The van der Waals surface area contributed by atoms with E-state index in [9.17, 15) is 5.11 Å². The van der Waals surface area contributed by atoms with Gasteiger partial charge in [0.15, 0.2) is 0 Å². The molecule has 0 aliphatic heterocycles. The monoisotopic (exact) mass is 124 g/mol. The summed E-state index contributed by atoms with van der Waals surface area (Å²) in [6, 6.07) is 0. The van der Waals surface area contributed by atoms with E-state index >= 15 is 0 Å². The van der Waals surface area contributed by atoms with Crippen LogP contribution < -0.4 is 0 Å². The number of rotatable bonds is 0. The lowest BCUT2D eigenvalue weighted by atomic mass is 9.96. The van der Waals surface area contributed by atoms with Gasteiger partial charge < -0.3 is 5.11 Å². The van der Waals surface area contributed by atoms with Crippen molar-refractivity contribution in [3.8, 4) is 0 Å². The average Bonchev–Trinajstić information content (AvgIpc) is 1.60. The highest BCUT2D eigenvalue weighted by Gasteiger charge is 2.14. The summed E-state index contributed by atoms with van der Waals surface area (Å²) in [5.74, 6) is 0. The van der Waals surface area contributed by atoms with Gasteiger partial charge in [-0.15, -0.1) is 0 Å². The van der Waals surface area contributed by atoms with Crippen LogP contribution in [0.1, 0.15) is 20.3 Å². The Morgan fingerprint density at radius 3 is 2.67 bits per heavy atom. The van der Waals surface area contributed by atoms with E-state index in [2.05, 4.69) is 0 Å². The topological polar surface area (TPSA) is 20.2 Å². The summed E-state index contributed by atoms with van der Waals surface area (Å²) < 4.78 is 0. The maximum absolute atomic E-state index is 9.38. The standard InChI is InChI=1S/C8H12O/c1-7-4-3-5-8(2,9)6-7/h3,5-6,9H,4H2,1-2H3. The van der Waals surface area contributed by atoms with Gasteiger partial charge in [-0.1, -0.05) is 23.8 Å². The number of allylic oxidation sites excluding steroid dienone is 2. The van der Waals surface area contributed by atoms with Crippen LogP contribution in [0.4, 0.5) is 0 Å². The fourth-order valence-corrected chi connectivity index (χ4v) is 1.09.